The number of anilines is 2. The summed E-state index contributed by atoms with van der Waals surface area (Å²) >= 11 is 6.08. The van der Waals surface area contributed by atoms with Gasteiger partial charge in [0, 0.05) is 10.7 Å². The normalized spacial score (nSPS) is 11.1. The fraction of sp³-hybridized carbons (Fsp3) is 0.0476. The molecule has 1 heterocycles. The topological polar surface area (TPSA) is 148 Å². The quantitative estimate of drug-likeness (QED) is 0.353. The van der Waals surface area contributed by atoms with E-state index in [1.807, 2.05) is 18.2 Å². The molecule has 0 bridgehead atoms. The van der Waals surface area contributed by atoms with E-state index in [9.17, 15) is 18.0 Å². The molecule has 4 aromatic rings. The Balaban J connectivity index is 1.50. The van der Waals surface area contributed by atoms with Crippen molar-refractivity contribution in [2.75, 3.05) is 10.0 Å². The Hall–Kier alpha value is -4.16. The fourth-order valence-electron chi connectivity index (χ4n) is 2.95. The number of hydrogen-bond donors (Lipinski definition) is 3. The fourth-order valence-corrected chi connectivity index (χ4v) is 4.37. The Morgan fingerprint density at radius 3 is 2.56 bits per heavy atom. The summed E-state index contributed by atoms with van der Waals surface area (Å²) in [5, 5.41) is 11.7. The number of nitrogens with one attached hydrogen (secondary N) is 3. The van der Waals surface area contributed by atoms with Crippen molar-refractivity contribution in [3.8, 4) is 5.69 Å². The number of amides is 1. The van der Waals surface area contributed by atoms with E-state index in [4.69, 9.17) is 16.3 Å². The van der Waals surface area contributed by atoms with Crippen LogP contribution in [0, 0.1) is 0 Å². The molecule has 13 heteroatoms. The number of H-pyrrole nitrogens is 1. The monoisotopic (exact) mass is 500 g/mol. The van der Waals surface area contributed by atoms with Gasteiger partial charge in [-0.1, -0.05) is 48.0 Å². The molecule has 0 spiro atoms. The second kappa shape index (κ2) is 9.77. The van der Waals surface area contributed by atoms with Gasteiger partial charge in [0.1, 0.15) is 6.61 Å². The van der Waals surface area contributed by atoms with Crippen molar-refractivity contribution in [1.29, 1.82) is 0 Å². The van der Waals surface area contributed by atoms with Crippen LogP contribution in [0.4, 0.5) is 16.2 Å². The number of carbonyl (C=O) groups is 1. The Kier molecular flexibility index (Phi) is 6.61. The van der Waals surface area contributed by atoms with Gasteiger partial charge < -0.3 is 4.74 Å². The van der Waals surface area contributed by atoms with Crippen molar-refractivity contribution in [3.05, 3.63) is 93.9 Å². The average molecular weight is 501 g/mol. The molecule has 1 amide bonds. The van der Waals surface area contributed by atoms with E-state index in [0.717, 1.165) is 10.2 Å². The molecule has 1 aromatic heterocycles. The number of benzene rings is 3. The first-order valence-electron chi connectivity index (χ1n) is 9.72. The molecule has 0 fully saturated rings. The number of halogens is 1. The molecule has 0 atom stereocenters. The van der Waals surface area contributed by atoms with Gasteiger partial charge in [-0.3, -0.25) is 10.0 Å². The molecule has 0 unspecified atom stereocenters. The van der Waals surface area contributed by atoms with Crippen LogP contribution in [-0.4, -0.2) is 34.7 Å². The lowest BCUT2D eigenvalue weighted by atomic mass is 10.2. The third-order valence-electron chi connectivity index (χ3n) is 4.46. The van der Waals surface area contributed by atoms with E-state index in [-0.39, 0.29) is 27.9 Å². The molecule has 0 radical (unpaired) electrons. The molecular weight excluding hydrogens is 484 g/mol. The van der Waals surface area contributed by atoms with Crippen LogP contribution in [0.15, 0.2) is 82.5 Å². The number of carbonyl (C=O) groups excluding carboxylic acids is 1. The van der Waals surface area contributed by atoms with Gasteiger partial charge in [-0.15, -0.1) is 0 Å². The van der Waals surface area contributed by atoms with Crippen molar-refractivity contribution in [3.63, 3.8) is 0 Å². The molecule has 174 valence electrons. The van der Waals surface area contributed by atoms with Gasteiger partial charge in [0.15, 0.2) is 0 Å². The van der Waals surface area contributed by atoms with Gasteiger partial charge >= 0.3 is 11.8 Å². The number of hydrogen-bond acceptors (Lipinski definition) is 7. The van der Waals surface area contributed by atoms with Crippen molar-refractivity contribution >= 4 is 39.1 Å². The first kappa shape index (κ1) is 23.0. The first-order valence-corrected chi connectivity index (χ1v) is 11.6. The van der Waals surface area contributed by atoms with Gasteiger partial charge in [0.2, 0.25) is 0 Å². The van der Waals surface area contributed by atoms with Gasteiger partial charge in [-0.25, -0.2) is 23.1 Å². The van der Waals surface area contributed by atoms with Crippen molar-refractivity contribution < 1.29 is 17.9 Å². The third-order valence-corrected chi connectivity index (χ3v) is 6.03. The molecule has 0 saturated heterocycles. The maximum absolute atomic E-state index is 13.0. The van der Waals surface area contributed by atoms with Crippen LogP contribution in [0.25, 0.3) is 5.69 Å². The summed E-state index contributed by atoms with van der Waals surface area (Å²) in [6.07, 6.45) is -0.770. The third kappa shape index (κ3) is 5.60. The number of rotatable bonds is 7. The van der Waals surface area contributed by atoms with Crippen molar-refractivity contribution in [2.45, 2.75) is 11.5 Å². The zero-order chi connectivity index (χ0) is 24.1. The lowest BCUT2D eigenvalue weighted by Gasteiger charge is -2.12. The number of sulfonamides is 1. The van der Waals surface area contributed by atoms with Crippen LogP contribution in [0.2, 0.25) is 5.02 Å². The maximum atomic E-state index is 13.0. The number of aromatic amines is 1. The number of aromatic nitrogens is 4. The molecule has 0 aliphatic carbocycles. The predicted molar refractivity (Wildman–Crippen MR) is 124 cm³/mol. The van der Waals surface area contributed by atoms with Gasteiger partial charge in [0.05, 0.1) is 16.3 Å². The van der Waals surface area contributed by atoms with Crippen LogP contribution in [0.1, 0.15) is 5.56 Å². The SMILES string of the molecule is O=C(Nc1cc(Cl)cc(S(=O)(=O)Nc2cccc(-n3nn[nH]c3=O)c2)c1)OCc1ccccc1. The lowest BCUT2D eigenvalue weighted by molar-refractivity contribution is 0.155. The van der Waals surface area contributed by atoms with E-state index in [1.54, 1.807) is 24.3 Å². The van der Waals surface area contributed by atoms with Crippen molar-refractivity contribution in [1.82, 2.24) is 20.2 Å². The highest BCUT2D eigenvalue weighted by atomic mass is 35.5. The molecule has 3 aromatic carbocycles. The molecule has 3 N–H and O–H groups in total. The minimum Gasteiger partial charge on any atom is -0.444 e. The average Bonchev–Trinajstić information content (AvgIpc) is 3.24. The standard InChI is InChI=1S/C21H17ClN6O5S/c22-15-9-17(23-21(30)33-13-14-5-2-1-3-6-14)12-19(10-15)34(31,32)25-16-7-4-8-18(11-16)28-20(29)24-26-27-28/h1-12,25H,13H2,(H,23,30)(H,24,27,29). The summed E-state index contributed by atoms with van der Waals surface area (Å²) in [6, 6.07) is 19.0. The van der Waals surface area contributed by atoms with Crippen LogP contribution in [0.3, 0.4) is 0 Å². The predicted octanol–water partition coefficient (Wildman–Crippen LogP) is 3.16. The molecule has 11 nitrogen and oxygen atoms in total. The largest absolute Gasteiger partial charge is 0.444 e. The van der Waals surface area contributed by atoms with Crippen LogP contribution < -0.4 is 15.7 Å². The Morgan fingerprint density at radius 1 is 1.03 bits per heavy atom. The zero-order valence-electron chi connectivity index (χ0n) is 17.3. The van der Waals surface area contributed by atoms with Crippen LogP contribution in [-0.2, 0) is 21.4 Å². The number of nitrogens with zero attached hydrogens (tertiary/aromatic N) is 3. The molecule has 0 aliphatic rings. The minimum absolute atomic E-state index is 0.0465. The molecule has 34 heavy (non-hydrogen) atoms. The summed E-state index contributed by atoms with van der Waals surface area (Å²) in [5.74, 6) is 0. The van der Waals surface area contributed by atoms with E-state index >= 15 is 0 Å². The maximum Gasteiger partial charge on any atom is 0.411 e. The summed E-state index contributed by atoms with van der Waals surface area (Å²) in [7, 11) is -4.10. The summed E-state index contributed by atoms with van der Waals surface area (Å²) < 4.78 is 34.4. The Morgan fingerprint density at radius 2 is 1.82 bits per heavy atom. The molecular formula is C21H17ClN6O5S. The smallest absolute Gasteiger partial charge is 0.411 e. The first-order chi connectivity index (χ1) is 16.3. The van der Waals surface area contributed by atoms with E-state index in [2.05, 4.69) is 25.6 Å². The lowest BCUT2D eigenvalue weighted by Crippen LogP contribution is -2.17. The highest BCUT2D eigenvalue weighted by Gasteiger charge is 2.18. The minimum atomic E-state index is -4.10. The van der Waals surface area contributed by atoms with Crippen LogP contribution in [0.5, 0.6) is 0 Å². The Bertz CT molecular complexity index is 1490. The summed E-state index contributed by atoms with van der Waals surface area (Å²) in [6.45, 7) is 0.0465. The number of tetrazole rings is 1. The van der Waals surface area contributed by atoms with Crippen LogP contribution >= 0.6 is 11.6 Å². The highest BCUT2D eigenvalue weighted by Crippen LogP contribution is 2.25. The highest BCUT2D eigenvalue weighted by molar-refractivity contribution is 7.92. The summed E-state index contributed by atoms with van der Waals surface area (Å²) in [5.41, 5.74) is 0.822. The van der Waals surface area contributed by atoms with E-state index in [0.29, 0.717) is 5.69 Å². The zero-order valence-corrected chi connectivity index (χ0v) is 18.9. The molecule has 0 saturated carbocycles. The second-order valence-electron chi connectivity index (χ2n) is 6.94. The molecule has 0 aliphatic heterocycles. The van der Waals surface area contributed by atoms with E-state index in [1.165, 1.54) is 30.3 Å². The summed E-state index contributed by atoms with van der Waals surface area (Å²) in [4.78, 5) is 23.7. The number of ether oxygens (including phenoxy) is 1. The van der Waals surface area contributed by atoms with Gasteiger partial charge in [0.25, 0.3) is 10.0 Å². The molecule has 4 rings (SSSR count). The Labute approximate surface area is 198 Å². The van der Waals surface area contributed by atoms with Crippen molar-refractivity contribution in [2.24, 2.45) is 0 Å². The van der Waals surface area contributed by atoms with Gasteiger partial charge in [-0.05, 0) is 52.4 Å². The van der Waals surface area contributed by atoms with E-state index < -0.39 is 21.8 Å². The van der Waals surface area contributed by atoms with Gasteiger partial charge in [-0.2, -0.15) is 4.68 Å². The second-order valence-corrected chi connectivity index (χ2v) is 9.06.